The zero-order valence-electron chi connectivity index (χ0n) is 12.6. The molecular formula is C17H23BrN2O. The third-order valence-corrected chi connectivity index (χ3v) is 5.73. The van der Waals surface area contributed by atoms with Gasteiger partial charge in [0.05, 0.1) is 5.41 Å². The van der Waals surface area contributed by atoms with Crippen molar-refractivity contribution in [3.8, 4) is 0 Å². The Morgan fingerprint density at radius 1 is 1.24 bits per heavy atom. The first-order chi connectivity index (χ1) is 10.2. The second kappa shape index (κ2) is 6.09. The molecule has 1 heterocycles. The fourth-order valence-electron chi connectivity index (χ4n) is 3.60. The fraction of sp³-hybridized carbons (Fsp3) is 0.588. The van der Waals surface area contributed by atoms with Gasteiger partial charge in [-0.3, -0.25) is 4.79 Å². The van der Waals surface area contributed by atoms with Crippen molar-refractivity contribution in [3.63, 3.8) is 0 Å². The average molecular weight is 351 g/mol. The molecule has 1 amide bonds. The van der Waals surface area contributed by atoms with Crippen molar-refractivity contribution in [2.75, 3.05) is 20.1 Å². The Labute approximate surface area is 135 Å². The molecule has 0 unspecified atom stereocenters. The van der Waals surface area contributed by atoms with Gasteiger partial charge in [-0.05, 0) is 50.4 Å². The number of nitrogens with zero attached hydrogens (tertiary/aromatic N) is 1. The Morgan fingerprint density at radius 2 is 1.86 bits per heavy atom. The molecule has 1 N–H and O–H groups in total. The molecule has 1 aliphatic carbocycles. The topological polar surface area (TPSA) is 32.3 Å². The highest BCUT2D eigenvalue weighted by atomic mass is 79.9. The number of benzene rings is 1. The van der Waals surface area contributed by atoms with Crippen molar-refractivity contribution >= 4 is 21.8 Å². The van der Waals surface area contributed by atoms with E-state index in [1.54, 1.807) is 0 Å². The Kier molecular flexibility index (Phi) is 4.36. The number of rotatable bonds is 3. The van der Waals surface area contributed by atoms with Crippen molar-refractivity contribution in [2.45, 2.75) is 43.6 Å². The van der Waals surface area contributed by atoms with Crippen molar-refractivity contribution < 1.29 is 4.79 Å². The highest BCUT2D eigenvalue weighted by molar-refractivity contribution is 9.10. The molecule has 0 spiro atoms. The number of piperidine rings is 1. The minimum absolute atomic E-state index is 0.243. The monoisotopic (exact) mass is 350 g/mol. The van der Waals surface area contributed by atoms with Crippen LogP contribution in [0.1, 0.15) is 37.7 Å². The highest BCUT2D eigenvalue weighted by Gasteiger charge is 2.47. The summed E-state index contributed by atoms with van der Waals surface area (Å²) in [6.45, 7) is 1.78. The van der Waals surface area contributed by atoms with Crippen LogP contribution in [0.15, 0.2) is 28.7 Å². The maximum atomic E-state index is 13.1. The molecule has 1 aromatic rings. The van der Waals surface area contributed by atoms with E-state index >= 15 is 0 Å². The molecule has 3 rings (SSSR count). The fourth-order valence-corrected chi connectivity index (χ4v) is 3.86. The second-order valence-corrected chi connectivity index (χ2v) is 7.21. The molecular weight excluding hydrogens is 328 g/mol. The summed E-state index contributed by atoms with van der Waals surface area (Å²) < 4.78 is 1.07. The quantitative estimate of drug-likeness (QED) is 0.908. The smallest absolute Gasteiger partial charge is 0.233 e. The van der Waals surface area contributed by atoms with Crippen LogP contribution in [0.4, 0.5) is 0 Å². The molecule has 1 saturated heterocycles. The van der Waals surface area contributed by atoms with Crippen molar-refractivity contribution in [1.29, 1.82) is 0 Å². The predicted molar refractivity (Wildman–Crippen MR) is 88.3 cm³/mol. The minimum atomic E-state index is -0.243. The first kappa shape index (κ1) is 15.0. The first-order valence-corrected chi connectivity index (χ1v) is 8.68. The summed E-state index contributed by atoms with van der Waals surface area (Å²) in [4.78, 5) is 15.2. The van der Waals surface area contributed by atoms with Gasteiger partial charge in [-0.2, -0.15) is 0 Å². The van der Waals surface area contributed by atoms with E-state index in [-0.39, 0.29) is 5.41 Å². The van der Waals surface area contributed by atoms with Gasteiger partial charge < -0.3 is 10.2 Å². The summed E-state index contributed by atoms with van der Waals surface area (Å²) in [6.07, 6.45) is 5.30. The number of hydrogen-bond acceptors (Lipinski definition) is 2. The molecule has 2 fully saturated rings. The van der Waals surface area contributed by atoms with Crippen LogP contribution >= 0.6 is 15.9 Å². The van der Waals surface area contributed by atoms with Crippen LogP contribution in [0, 0.1) is 0 Å². The highest BCUT2D eigenvalue weighted by Crippen LogP contribution is 2.45. The molecule has 4 heteroatoms. The summed E-state index contributed by atoms with van der Waals surface area (Å²) in [5, 5.41) is 3.32. The molecule has 1 aromatic carbocycles. The molecule has 1 aliphatic heterocycles. The van der Waals surface area contributed by atoms with Gasteiger partial charge in [0, 0.05) is 23.6 Å². The zero-order chi connectivity index (χ0) is 14.9. The van der Waals surface area contributed by atoms with E-state index in [0.717, 1.165) is 49.7 Å². The molecule has 3 nitrogen and oxygen atoms in total. The Balaban J connectivity index is 1.77. The van der Waals surface area contributed by atoms with Crippen molar-refractivity contribution in [1.82, 2.24) is 10.2 Å². The molecule has 0 radical (unpaired) electrons. The standard InChI is InChI=1S/C17H23BrN2O/c1-19-15-7-11-20(12-8-15)16(21)17(9-2-10-17)13-3-5-14(18)6-4-13/h3-6,15,19H,2,7-12H2,1H3. The molecule has 2 aliphatic rings. The Morgan fingerprint density at radius 3 is 2.33 bits per heavy atom. The third kappa shape index (κ3) is 2.76. The van der Waals surface area contributed by atoms with Gasteiger partial charge in [-0.25, -0.2) is 0 Å². The van der Waals surface area contributed by atoms with Gasteiger partial charge in [0.15, 0.2) is 0 Å². The SMILES string of the molecule is CNC1CCN(C(=O)C2(c3ccc(Br)cc3)CCC2)CC1. The van der Waals surface area contributed by atoms with E-state index in [2.05, 4.69) is 50.4 Å². The number of carbonyl (C=O) groups is 1. The van der Waals surface area contributed by atoms with Crippen LogP contribution in [0.2, 0.25) is 0 Å². The van der Waals surface area contributed by atoms with Gasteiger partial charge in [0.1, 0.15) is 0 Å². The lowest BCUT2D eigenvalue weighted by molar-refractivity contribution is -0.142. The van der Waals surface area contributed by atoms with Crippen LogP contribution in [-0.2, 0) is 10.2 Å². The van der Waals surface area contributed by atoms with E-state index in [0.29, 0.717) is 11.9 Å². The van der Waals surface area contributed by atoms with Crippen LogP contribution in [-0.4, -0.2) is 37.0 Å². The number of likely N-dealkylation sites (tertiary alicyclic amines) is 1. The van der Waals surface area contributed by atoms with Crippen LogP contribution in [0.3, 0.4) is 0 Å². The summed E-state index contributed by atoms with van der Waals surface area (Å²) in [5.74, 6) is 0.352. The number of nitrogens with one attached hydrogen (secondary N) is 1. The predicted octanol–water partition coefficient (Wildman–Crippen LogP) is 3.08. The largest absolute Gasteiger partial charge is 0.342 e. The Bertz CT molecular complexity index is 502. The number of amides is 1. The number of carbonyl (C=O) groups excluding carboxylic acids is 1. The van der Waals surface area contributed by atoms with Crippen LogP contribution in [0.25, 0.3) is 0 Å². The van der Waals surface area contributed by atoms with Gasteiger partial charge in [0.25, 0.3) is 0 Å². The lowest BCUT2D eigenvalue weighted by atomic mass is 9.63. The zero-order valence-corrected chi connectivity index (χ0v) is 14.2. The average Bonchev–Trinajstić information content (AvgIpc) is 2.48. The minimum Gasteiger partial charge on any atom is -0.342 e. The van der Waals surface area contributed by atoms with Gasteiger partial charge >= 0.3 is 0 Å². The maximum absolute atomic E-state index is 13.1. The van der Waals surface area contributed by atoms with Crippen LogP contribution < -0.4 is 5.32 Å². The summed E-state index contributed by atoms with van der Waals surface area (Å²) in [7, 11) is 2.01. The molecule has 1 saturated carbocycles. The van der Waals surface area contributed by atoms with E-state index < -0.39 is 0 Å². The third-order valence-electron chi connectivity index (χ3n) is 5.20. The normalized spacial score (nSPS) is 21.9. The van der Waals surface area contributed by atoms with Crippen LogP contribution in [0.5, 0.6) is 0 Å². The van der Waals surface area contributed by atoms with Gasteiger partial charge in [-0.15, -0.1) is 0 Å². The lowest BCUT2D eigenvalue weighted by Gasteiger charge is -2.45. The number of halogens is 1. The van der Waals surface area contributed by atoms with E-state index in [1.165, 1.54) is 5.56 Å². The van der Waals surface area contributed by atoms with E-state index in [4.69, 9.17) is 0 Å². The summed E-state index contributed by atoms with van der Waals surface area (Å²) in [6, 6.07) is 8.90. The van der Waals surface area contributed by atoms with Gasteiger partial charge in [-0.1, -0.05) is 34.5 Å². The van der Waals surface area contributed by atoms with Gasteiger partial charge in [0.2, 0.25) is 5.91 Å². The number of hydrogen-bond donors (Lipinski definition) is 1. The molecule has 21 heavy (non-hydrogen) atoms. The van der Waals surface area contributed by atoms with Crippen molar-refractivity contribution in [2.24, 2.45) is 0 Å². The molecule has 114 valence electrons. The molecule has 0 bridgehead atoms. The summed E-state index contributed by atoms with van der Waals surface area (Å²) in [5.41, 5.74) is 0.949. The lowest BCUT2D eigenvalue weighted by Crippen LogP contribution is -2.54. The Hall–Kier alpha value is -0.870. The van der Waals surface area contributed by atoms with E-state index in [9.17, 15) is 4.79 Å². The summed E-state index contributed by atoms with van der Waals surface area (Å²) >= 11 is 3.48. The van der Waals surface area contributed by atoms with Crippen molar-refractivity contribution in [3.05, 3.63) is 34.3 Å². The van der Waals surface area contributed by atoms with E-state index in [1.807, 2.05) is 7.05 Å². The maximum Gasteiger partial charge on any atom is 0.233 e. The second-order valence-electron chi connectivity index (χ2n) is 6.30. The first-order valence-electron chi connectivity index (χ1n) is 7.88. The molecule has 0 aromatic heterocycles. The molecule has 0 atom stereocenters.